The number of benzene rings is 1. The molecular weight excluding hydrogens is 209 g/mol. The molecule has 0 unspecified atom stereocenters. The lowest BCUT2D eigenvalue weighted by Gasteiger charge is -2.32. The van der Waals surface area contributed by atoms with Crippen molar-refractivity contribution in [2.75, 3.05) is 5.32 Å². The van der Waals surface area contributed by atoms with Crippen molar-refractivity contribution in [1.82, 2.24) is 5.32 Å². The van der Waals surface area contributed by atoms with Crippen LogP contribution in [-0.4, -0.2) is 18.1 Å². The second kappa shape index (κ2) is 4.49. The highest BCUT2D eigenvalue weighted by Gasteiger charge is 2.26. The molecule has 0 spiro atoms. The minimum Gasteiger partial charge on any atom is -0.335 e. The summed E-state index contributed by atoms with van der Waals surface area (Å²) in [5.41, 5.74) is 6.04. The summed E-state index contributed by atoms with van der Waals surface area (Å²) in [4.78, 5) is 11.4. The Morgan fingerprint density at radius 3 is 2.81 bits per heavy atom. The van der Waals surface area contributed by atoms with E-state index in [4.69, 9.17) is 5.73 Å². The normalized spacial score (nSPS) is 23.4. The summed E-state index contributed by atoms with van der Waals surface area (Å²) >= 11 is 0. The van der Waals surface area contributed by atoms with Gasteiger partial charge >= 0.3 is 6.03 Å². The van der Waals surface area contributed by atoms with Crippen LogP contribution >= 0.6 is 0 Å². The molecule has 4 nitrogen and oxygen atoms in total. The van der Waals surface area contributed by atoms with Crippen LogP contribution in [-0.2, 0) is 0 Å². The number of nitrogens with two attached hydrogens (primary N) is 1. The molecule has 1 aromatic rings. The Bertz CT molecular complexity index is 391. The van der Waals surface area contributed by atoms with Gasteiger partial charge in [-0.05, 0) is 31.0 Å². The first-order valence-electron chi connectivity index (χ1n) is 5.22. The van der Waals surface area contributed by atoms with E-state index in [0.717, 1.165) is 12.8 Å². The molecule has 2 rings (SSSR count). The molecule has 1 aromatic carbocycles. The lowest BCUT2D eigenvalue weighted by molar-refractivity contribution is 0.234. The molecule has 0 saturated heterocycles. The van der Waals surface area contributed by atoms with Crippen LogP contribution in [0.15, 0.2) is 24.3 Å². The van der Waals surface area contributed by atoms with Gasteiger partial charge in [-0.25, -0.2) is 9.18 Å². The van der Waals surface area contributed by atoms with E-state index in [1.165, 1.54) is 12.1 Å². The second-order valence-electron chi connectivity index (χ2n) is 4.04. The molecule has 2 amide bonds. The van der Waals surface area contributed by atoms with Gasteiger partial charge in [-0.1, -0.05) is 6.07 Å². The van der Waals surface area contributed by atoms with E-state index >= 15 is 0 Å². The largest absolute Gasteiger partial charge is 0.335 e. The van der Waals surface area contributed by atoms with Crippen molar-refractivity contribution < 1.29 is 9.18 Å². The lowest BCUT2D eigenvalue weighted by atomic mass is 9.88. The van der Waals surface area contributed by atoms with Gasteiger partial charge in [-0.15, -0.1) is 0 Å². The Hall–Kier alpha value is -1.62. The zero-order valence-corrected chi connectivity index (χ0v) is 8.74. The number of carbonyl (C=O) groups is 1. The Morgan fingerprint density at radius 1 is 1.44 bits per heavy atom. The van der Waals surface area contributed by atoms with E-state index in [0.29, 0.717) is 5.69 Å². The highest BCUT2D eigenvalue weighted by atomic mass is 19.1. The topological polar surface area (TPSA) is 67.1 Å². The first kappa shape index (κ1) is 10.9. The Balaban J connectivity index is 1.83. The van der Waals surface area contributed by atoms with Crippen molar-refractivity contribution in [2.45, 2.75) is 24.9 Å². The number of nitrogens with one attached hydrogen (secondary N) is 2. The summed E-state index contributed by atoms with van der Waals surface area (Å²) in [6.45, 7) is 0. The number of hydrogen-bond donors (Lipinski definition) is 3. The molecule has 1 aliphatic carbocycles. The molecule has 5 heteroatoms. The highest BCUT2D eigenvalue weighted by Crippen LogP contribution is 2.17. The zero-order valence-electron chi connectivity index (χ0n) is 8.74. The molecule has 4 N–H and O–H groups in total. The monoisotopic (exact) mass is 223 g/mol. The third-order valence-corrected chi connectivity index (χ3v) is 2.59. The van der Waals surface area contributed by atoms with Gasteiger partial charge in [0, 0.05) is 17.8 Å². The van der Waals surface area contributed by atoms with Crippen molar-refractivity contribution in [3.8, 4) is 0 Å². The second-order valence-corrected chi connectivity index (χ2v) is 4.04. The fourth-order valence-corrected chi connectivity index (χ4v) is 1.70. The van der Waals surface area contributed by atoms with Crippen LogP contribution in [0.25, 0.3) is 0 Å². The molecular formula is C11H14FN3O. The lowest BCUT2D eigenvalue weighted by Crippen LogP contribution is -2.51. The van der Waals surface area contributed by atoms with Crippen molar-refractivity contribution in [2.24, 2.45) is 5.73 Å². The smallest absolute Gasteiger partial charge is 0.319 e. The molecule has 1 aliphatic rings. The fraction of sp³-hybridized carbons (Fsp3) is 0.364. The number of rotatable bonds is 2. The Morgan fingerprint density at radius 2 is 2.19 bits per heavy atom. The van der Waals surface area contributed by atoms with Gasteiger partial charge in [0.15, 0.2) is 0 Å². The maximum absolute atomic E-state index is 12.8. The Kier molecular flexibility index (Phi) is 3.05. The van der Waals surface area contributed by atoms with E-state index in [-0.39, 0.29) is 23.9 Å². The van der Waals surface area contributed by atoms with Crippen LogP contribution in [0.5, 0.6) is 0 Å². The molecule has 0 aromatic heterocycles. The minimum atomic E-state index is -0.372. The van der Waals surface area contributed by atoms with Gasteiger partial charge in [-0.2, -0.15) is 0 Å². The van der Waals surface area contributed by atoms with Crippen LogP contribution in [0.3, 0.4) is 0 Å². The summed E-state index contributed by atoms with van der Waals surface area (Å²) in [5, 5.41) is 5.33. The summed E-state index contributed by atoms with van der Waals surface area (Å²) in [6, 6.07) is 5.80. The molecule has 86 valence electrons. The summed E-state index contributed by atoms with van der Waals surface area (Å²) in [7, 11) is 0. The van der Waals surface area contributed by atoms with E-state index in [1.807, 2.05) is 0 Å². The molecule has 0 heterocycles. The minimum absolute atomic E-state index is 0.142. The molecule has 0 atom stereocenters. The predicted molar refractivity (Wildman–Crippen MR) is 59.6 cm³/mol. The van der Waals surface area contributed by atoms with Crippen LogP contribution in [0.1, 0.15) is 12.8 Å². The molecule has 0 aliphatic heterocycles. The van der Waals surface area contributed by atoms with Gasteiger partial charge in [0.25, 0.3) is 0 Å². The molecule has 0 bridgehead atoms. The number of urea groups is 1. The van der Waals surface area contributed by atoms with Gasteiger partial charge in [-0.3, -0.25) is 0 Å². The number of anilines is 1. The number of hydrogen-bond acceptors (Lipinski definition) is 2. The predicted octanol–water partition coefficient (Wildman–Crippen LogP) is 1.44. The third kappa shape index (κ3) is 2.70. The van der Waals surface area contributed by atoms with Gasteiger partial charge in [0.1, 0.15) is 5.82 Å². The van der Waals surface area contributed by atoms with Gasteiger partial charge in [0.2, 0.25) is 0 Å². The summed E-state index contributed by atoms with van der Waals surface area (Å²) in [5.74, 6) is -0.372. The van der Waals surface area contributed by atoms with E-state index in [9.17, 15) is 9.18 Å². The highest BCUT2D eigenvalue weighted by molar-refractivity contribution is 5.89. The van der Waals surface area contributed by atoms with Crippen molar-refractivity contribution in [1.29, 1.82) is 0 Å². The number of amides is 2. The standard InChI is InChI=1S/C11H14FN3O/c12-7-2-1-3-9(4-7)14-11(16)15-10-5-8(13)6-10/h1-4,8,10H,5-6,13H2,(H2,14,15,16). The average Bonchev–Trinajstić information content (AvgIpc) is 2.15. The maximum Gasteiger partial charge on any atom is 0.319 e. The fourth-order valence-electron chi connectivity index (χ4n) is 1.70. The first-order chi connectivity index (χ1) is 7.63. The van der Waals surface area contributed by atoms with Crippen LogP contribution in [0.4, 0.5) is 14.9 Å². The van der Waals surface area contributed by atoms with E-state index in [2.05, 4.69) is 10.6 Å². The molecule has 16 heavy (non-hydrogen) atoms. The van der Waals surface area contributed by atoms with Gasteiger partial charge in [0.05, 0.1) is 0 Å². The quantitative estimate of drug-likeness (QED) is 0.710. The third-order valence-electron chi connectivity index (χ3n) is 2.59. The first-order valence-corrected chi connectivity index (χ1v) is 5.22. The summed E-state index contributed by atoms with van der Waals surface area (Å²) in [6.07, 6.45) is 1.60. The van der Waals surface area contributed by atoms with E-state index in [1.54, 1.807) is 12.1 Å². The zero-order chi connectivity index (χ0) is 11.5. The SMILES string of the molecule is NC1CC(NC(=O)Nc2cccc(F)c2)C1. The summed E-state index contributed by atoms with van der Waals surface area (Å²) < 4.78 is 12.8. The number of halogens is 1. The Labute approximate surface area is 93.0 Å². The maximum atomic E-state index is 12.8. The average molecular weight is 223 g/mol. The van der Waals surface area contributed by atoms with Crippen molar-refractivity contribution in [3.05, 3.63) is 30.1 Å². The molecule has 1 saturated carbocycles. The number of carbonyl (C=O) groups excluding carboxylic acids is 1. The molecule has 0 radical (unpaired) electrons. The van der Waals surface area contributed by atoms with Crippen LogP contribution in [0, 0.1) is 5.82 Å². The van der Waals surface area contributed by atoms with Crippen molar-refractivity contribution in [3.63, 3.8) is 0 Å². The van der Waals surface area contributed by atoms with Gasteiger partial charge < -0.3 is 16.4 Å². The van der Waals surface area contributed by atoms with Crippen molar-refractivity contribution >= 4 is 11.7 Å². The van der Waals surface area contributed by atoms with E-state index < -0.39 is 0 Å². The van der Waals surface area contributed by atoms with Crippen LogP contribution < -0.4 is 16.4 Å². The van der Waals surface area contributed by atoms with Crippen LogP contribution in [0.2, 0.25) is 0 Å². The molecule has 1 fully saturated rings.